The summed E-state index contributed by atoms with van der Waals surface area (Å²) in [5.74, 6) is -3.61. The quantitative estimate of drug-likeness (QED) is 0.271. The number of carbonyl (C=O) groups excluding carboxylic acids is 2. The maximum absolute atomic E-state index is 10.4. The molecule has 0 aliphatic carbocycles. The molecule has 0 heterocycles. The minimum Gasteiger partial charge on any atom is -0.446 e. The van der Waals surface area contributed by atoms with Gasteiger partial charge in [-0.2, -0.15) is 40.5 Å². The van der Waals surface area contributed by atoms with Gasteiger partial charge in [0.15, 0.2) is 11.9 Å². The van der Waals surface area contributed by atoms with Gasteiger partial charge in [-0.15, -0.1) is 0 Å². The van der Waals surface area contributed by atoms with Crippen LogP contribution in [0.3, 0.4) is 0 Å². The monoisotopic (exact) mass is 642 g/mol. The van der Waals surface area contributed by atoms with Crippen LogP contribution in [-0.2, 0) is 53.9 Å². The third-order valence-electron chi connectivity index (χ3n) is 1.07. The normalized spacial score (nSPS) is 7.43. The Hall–Kier alpha value is 0.153. The summed E-state index contributed by atoms with van der Waals surface area (Å²) in [6, 6.07) is 0. The van der Waals surface area contributed by atoms with Gasteiger partial charge in [-0.3, -0.25) is 21.4 Å². The molecule has 0 aromatic carbocycles. The van der Waals surface area contributed by atoms with Gasteiger partial charge < -0.3 is 18.6 Å². The summed E-state index contributed by atoms with van der Waals surface area (Å²) in [4.78, 5) is 20.8. The molecule has 116 valence electrons. The van der Waals surface area contributed by atoms with Gasteiger partial charge in [0.25, 0.3) is 0 Å². The van der Waals surface area contributed by atoms with Crippen molar-refractivity contribution in [2.45, 2.75) is 25.7 Å². The molecule has 0 aliphatic heterocycles. The van der Waals surface area contributed by atoms with Crippen LogP contribution in [0.2, 0.25) is 0 Å². The Morgan fingerprint density at radius 2 is 1.00 bits per heavy atom. The van der Waals surface area contributed by atoms with Gasteiger partial charge in [0.2, 0.25) is 0 Å². The molecule has 0 fully saturated rings. The summed E-state index contributed by atoms with van der Waals surface area (Å²) in [6.45, 7) is 35.9. The molecule has 21 heavy (non-hydrogen) atoms. The third kappa shape index (κ3) is 33.2. The van der Waals surface area contributed by atoms with Crippen LogP contribution in [0.25, 0.3) is 0 Å². The van der Waals surface area contributed by atoms with Crippen molar-refractivity contribution >= 4 is 11.9 Å². The first-order valence-corrected chi connectivity index (χ1v) is 5.29. The summed E-state index contributed by atoms with van der Waals surface area (Å²) in [7, 11) is 0. The van der Waals surface area contributed by atoms with Crippen molar-refractivity contribution in [3.05, 3.63) is 67.2 Å². The second-order valence-electron chi connectivity index (χ2n) is 2.87. The minimum absolute atomic E-state index is 0. The number of unbranched alkanes of at least 4 members (excludes halogenated alkanes) is 2. The van der Waals surface area contributed by atoms with Gasteiger partial charge in [0.05, 0.1) is 0 Å². The number of ether oxygens (including phenoxy) is 1. The number of hydrogen-bond acceptors (Lipinski definition) is 3. The van der Waals surface area contributed by atoms with Crippen LogP contribution in [0.4, 0.5) is 0 Å². The van der Waals surface area contributed by atoms with Gasteiger partial charge in [0, 0.05) is 0 Å². The van der Waals surface area contributed by atoms with Gasteiger partial charge >= 0.3 is 39.6 Å². The maximum Gasteiger partial charge on any atom is 2.00 e. The Bertz CT molecular complexity index is 192. The smallest absolute Gasteiger partial charge is 0.446 e. The first-order valence-electron chi connectivity index (χ1n) is 5.29. The van der Waals surface area contributed by atoms with E-state index < -0.39 is 23.8 Å². The first-order chi connectivity index (χ1) is 8.78. The van der Waals surface area contributed by atoms with Crippen molar-refractivity contribution in [1.29, 1.82) is 0 Å². The molecular formula is C16H18O3Os2. The molecule has 0 unspecified atom stereocenters. The van der Waals surface area contributed by atoms with Crippen LogP contribution in [0.5, 0.6) is 0 Å². The van der Waals surface area contributed by atoms with E-state index in [-0.39, 0.29) is 39.6 Å². The Morgan fingerprint density at radius 1 is 0.810 bits per heavy atom. The SMILES string of the molecule is [CH]CC[CH2-].[CH]CC[CH2-].[CH][C-]([CH])C(=O)OC(=O)[C-]([CH])[CH].[Os+2].[Os+2]. The van der Waals surface area contributed by atoms with E-state index in [1.165, 1.54) is 0 Å². The van der Waals surface area contributed by atoms with Crippen LogP contribution < -0.4 is 0 Å². The molecule has 0 atom stereocenters. The molecule has 0 saturated heterocycles. The van der Waals surface area contributed by atoms with E-state index in [0.717, 1.165) is 12.8 Å². The Balaban J connectivity index is -0.0000000722. The van der Waals surface area contributed by atoms with Gasteiger partial charge in [-0.05, 0) is 13.8 Å². The molecule has 0 spiro atoms. The Morgan fingerprint density at radius 3 is 1.10 bits per heavy atom. The zero-order valence-electron chi connectivity index (χ0n) is 11.6. The molecule has 0 aliphatic rings. The number of carbonyl (C=O) groups is 2. The average molecular weight is 639 g/mol. The molecule has 0 bridgehead atoms. The van der Waals surface area contributed by atoms with Gasteiger partial charge in [-0.1, -0.05) is 12.8 Å². The van der Waals surface area contributed by atoms with Gasteiger partial charge in [0.1, 0.15) is 0 Å². The van der Waals surface area contributed by atoms with E-state index in [2.05, 4.69) is 18.6 Å². The van der Waals surface area contributed by atoms with Crippen LogP contribution in [-0.4, -0.2) is 11.9 Å². The fraction of sp³-hybridized carbons (Fsp3) is 0.250. The molecule has 0 saturated carbocycles. The van der Waals surface area contributed by atoms with E-state index in [0.29, 0.717) is 12.8 Å². The molecule has 0 rings (SSSR count). The van der Waals surface area contributed by atoms with Crippen LogP contribution in [0.1, 0.15) is 25.7 Å². The van der Waals surface area contributed by atoms with E-state index in [4.69, 9.17) is 41.5 Å². The Labute approximate surface area is 158 Å². The molecule has 0 aromatic rings. The van der Waals surface area contributed by atoms with Gasteiger partial charge in [-0.25, -0.2) is 0 Å². The van der Waals surface area contributed by atoms with Crippen LogP contribution >= 0.6 is 0 Å². The molecule has 0 N–H and O–H groups in total. The van der Waals surface area contributed by atoms with Crippen molar-refractivity contribution in [3.8, 4) is 0 Å². The van der Waals surface area contributed by atoms with Crippen molar-refractivity contribution < 1.29 is 53.9 Å². The minimum atomic E-state index is -1.16. The fourth-order valence-corrected chi connectivity index (χ4v) is 0.202. The maximum atomic E-state index is 10.4. The molecule has 12 radical (unpaired) electrons. The Kier molecular flexibility index (Phi) is 39.4. The average Bonchev–Trinajstić information content (AvgIpc) is 2.38. The van der Waals surface area contributed by atoms with Crippen molar-refractivity contribution in [3.63, 3.8) is 0 Å². The standard InChI is InChI=1S/C8H4O3.2C4H7.2Os/c1-5(2)7(9)11-8(10)6(3)4;2*1-3-4-2;;/h1-4H;2*1H,2-4H2;;/q-2;2*-1;2*+2. The molecule has 3 nitrogen and oxygen atoms in total. The predicted octanol–water partition coefficient (Wildman–Crippen LogP) is 2.67. The largest absolute Gasteiger partial charge is 2.00 e. The van der Waals surface area contributed by atoms with Crippen molar-refractivity contribution in [2.75, 3.05) is 0 Å². The predicted molar refractivity (Wildman–Crippen MR) is 72.6 cm³/mol. The summed E-state index contributed by atoms with van der Waals surface area (Å²) in [5, 5.41) is 0. The molecule has 5 heteroatoms. The number of rotatable bonds is 4. The van der Waals surface area contributed by atoms with Crippen LogP contribution in [0.15, 0.2) is 0 Å². The summed E-state index contributed by atoms with van der Waals surface area (Å²) >= 11 is 0. The third-order valence-corrected chi connectivity index (χ3v) is 1.07. The summed E-state index contributed by atoms with van der Waals surface area (Å²) in [5.41, 5.74) is 0. The summed E-state index contributed by atoms with van der Waals surface area (Å²) < 4.78 is 3.92. The van der Waals surface area contributed by atoms with E-state index in [1.54, 1.807) is 0 Å². The fourth-order valence-electron chi connectivity index (χ4n) is 0.202. The molecular weight excluding hydrogens is 621 g/mol. The zero-order chi connectivity index (χ0) is 15.8. The summed E-state index contributed by atoms with van der Waals surface area (Å²) in [6.07, 6.45) is 3.11. The topological polar surface area (TPSA) is 43.4 Å². The van der Waals surface area contributed by atoms with E-state index in [1.807, 2.05) is 0 Å². The number of esters is 2. The first kappa shape index (κ1) is 32.9. The molecule has 0 amide bonds. The van der Waals surface area contributed by atoms with Crippen LogP contribution in [0, 0.1) is 67.2 Å². The van der Waals surface area contributed by atoms with Crippen molar-refractivity contribution in [2.24, 2.45) is 0 Å². The zero-order valence-corrected chi connectivity index (χ0v) is 16.7. The second-order valence-corrected chi connectivity index (χ2v) is 2.87. The van der Waals surface area contributed by atoms with E-state index >= 15 is 0 Å². The number of hydrogen-bond donors (Lipinski definition) is 0. The molecule has 0 aromatic heterocycles. The van der Waals surface area contributed by atoms with Crippen molar-refractivity contribution in [1.82, 2.24) is 0 Å². The van der Waals surface area contributed by atoms with E-state index in [9.17, 15) is 9.59 Å². The second kappa shape index (κ2) is 25.1.